The van der Waals surface area contributed by atoms with Gasteiger partial charge in [-0.25, -0.2) is 4.98 Å². The molecule has 4 rings (SSSR count). The second kappa shape index (κ2) is 5.05. The first-order chi connectivity index (χ1) is 10.6. The molecule has 0 radical (unpaired) electrons. The number of carbonyl (C=O) groups excluding carboxylic acids is 1. The van der Waals surface area contributed by atoms with Gasteiger partial charge in [0, 0.05) is 42.5 Å². The molecule has 2 unspecified atom stereocenters. The number of hydrogen-bond acceptors (Lipinski definition) is 4. The van der Waals surface area contributed by atoms with E-state index >= 15 is 0 Å². The number of nitrogens with zero attached hydrogens (tertiary/aromatic N) is 3. The number of carbonyl (C=O) groups is 1. The summed E-state index contributed by atoms with van der Waals surface area (Å²) in [6.45, 7) is 6.21. The van der Waals surface area contributed by atoms with E-state index < -0.39 is 0 Å². The summed E-state index contributed by atoms with van der Waals surface area (Å²) in [5.41, 5.74) is 2.20. The van der Waals surface area contributed by atoms with Crippen molar-refractivity contribution < 1.29 is 4.79 Å². The lowest BCUT2D eigenvalue weighted by molar-refractivity contribution is 0.0931. The van der Waals surface area contributed by atoms with Crippen LogP contribution < -0.4 is 5.32 Å². The average Bonchev–Trinajstić information content (AvgIpc) is 3.21. The molecule has 1 saturated heterocycles. The quantitative estimate of drug-likeness (QED) is 0.900. The van der Waals surface area contributed by atoms with Crippen molar-refractivity contribution >= 4 is 16.9 Å². The van der Waals surface area contributed by atoms with Crippen molar-refractivity contribution in [1.29, 1.82) is 0 Å². The van der Waals surface area contributed by atoms with Gasteiger partial charge < -0.3 is 5.32 Å². The zero-order valence-corrected chi connectivity index (χ0v) is 13.0. The van der Waals surface area contributed by atoms with Gasteiger partial charge in [0.05, 0.1) is 5.56 Å². The lowest BCUT2D eigenvalue weighted by Crippen LogP contribution is -2.40. The first kappa shape index (κ1) is 13.7. The second-order valence-corrected chi connectivity index (χ2v) is 6.69. The molecule has 116 valence electrons. The molecule has 2 fully saturated rings. The summed E-state index contributed by atoms with van der Waals surface area (Å²) in [7, 11) is 0. The molecule has 1 amide bonds. The normalized spacial score (nSPS) is 25.7. The lowest BCUT2D eigenvalue weighted by atomic mass is 10.1. The van der Waals surface area contributed by atoms with Crippen molar-refractivity contribution in [2.45, 2.75) is 38.8 Å². The number of aromatic amines is 1. The molecule has 0 spiro atoms. The number of aryl methyl sites for hydroxylation is 1. The van der Waals surface area contributed by atoms with Gasteiger partial charge in [-0.1, -0.05) is 6.92 Å². The summed E-state index contributed by atoms with van der Waals surface area (Å²) in [5.74, 6) is 0.460. The van der Waals surface area contributed by atoms with Crippen LogP contribution in [0.25, 0.3) is 11.0 Å². The summed E-state index contributed by atoms with van der Waals surface area (Å²) in [5, 5.41) is 11.1. The van der Waals surface area contributed by atoms with Crippen LogP contribution in [0.4, 0.5) is 0 Å². The smallest absolute Gasteiger partial charge is 0.253 e. The van der Waals surface area contributed by atoms with E-state index in [-0.39, 0.29) is 11.9 Å². The van der Waals surface area contributed by atoms with Crippen LogP contribution in [0.1, 0.15) is 35.8 Å². The van der Waals surface area contributed by atoms with Crippen molar-refractivity contribution in [1.82, 2.24) is 25.4 Å². The van der Waals surface area contributed by atoms with Crippen molar-refractivity contribution in [3.8, 4) is 0 Å². The van der Waals surface area contributed by atoms with E-state index in [0.717, 1.165) is 30.2 Å². The first-order valence-electron chi connectivity index (χ1n) is 7.97. The molecule has 0 aromatic carbocycles. The van der Waals surface area contributed by atoms with E-state index in [2.05, 4.69) is 32.3 Å². The lowest BCUT2D eigenvalue weighted by Gasteiger charge is -2.17. The fraction of sp³-hybridized carbons (Fsp3) is 0.562. The molecule has 0 bridgehead atoms. The molecular formula is C16H21N5O. The summed E-state index contributed by atoms with van der Waals surface area (Å²) in [6, 6.07) is 2.86. The van der Waals surface area contributed by atoms with Gasteiger partial charge in [-0.15, -0.1) is 0 Å². The van der Waals surface area contributed by atoms with Crippen LogP contribution in [-0.2, 0) is 0 Å². The minimum absolute atomic E-state index is 0.0375. The Hall–Kier alpha value is -1.95. The van der Waals surface area contributed by atoms with Crippen LogP contribution in [0.15, 0.2) is 12.3 Å². The number of amides is 1. The first-order valence-corrected chi connectivity index (χ1v) is 7.97. The number of fused-ring (bicyclic) bond motifs is 1. The Morgan fingerprint density at radius 2 is 2.23 bits per heavy atom. The number of likely N-dealkylation sites (tertiary alicyclic amines) is 1. The van der Waals surface area contributed by atoms with E-state index in [9.17, 15) is 4.79 Å². The van der Waals surface area contributed by atoms with Gasteiger partial charge in [0.25, 0.3) is 5.91 Å². The zero-order chi connectivity index (χ0) is 15.3. The van der Waals surface area contributed by atoms with E-state index in [4.69, 9.17) is 0 Å². The maximum atomic E-state index is 12.5. The predicted molar refractivity (Wildman–Crippen MR) is 83.6 cm³/mol. The van der Waals surface area contributed by atoms with E-state index in [1.165, 1.54) is 12.8 Å². The molecule has 1 saturated carbocycles. The van der Waals surface area contributed by atoms with Crippen molar-refractivity contribution in [3.63, 3.8) is 0 Å². The Morgan fingerprint density at radius 3 is 3.00 bits per heavy atom. The van der Waals surface area contributed by atoms with Crippen LogP contribution in [0, 0.1) is 12.8 Å². The van der Waals surface area contributed by atoms with E-state index in [1.54, 1.807) is 6.20 Å². The third kappa shape index (κ3) is 2.37. The molecule has 2 aromatic heterocycles. The monoisotopic (exact) mass is 299 g/mol. The number of pyridine rings is 1. The minimum Gasteiger partial charge on any atom is -0.348 e. The van der Waals surface area contributed by atoms with Crippen LogP contribution in [0.3, 0.4) is 0 Å². The topological polar surface area (TPSA) is 73.9 Å². The molecule has 2 aliphatic rings. The highest BCUT2D eigenvalue weighted by Gasteiger charge is 2.38. The summed E-state index contributed by atoms with van der Waals surface area (Å²) < 4.78 is 0. The summed E-state index contributed by atoms with van der Waals surface area (Å²) in [4.78, 5) is 19.3. The summed E-state index contributed by atoms with van der Waals surface area (Å²) in [6.07, 6.45) is 4.23. The largest absolute Gasteiger partial charge is 0.348 e. The Kier molecular flexibility index (Phi) is 3.14. The van der Waals surface area contributed by atoms with Gasteiger partial charge in [0.2, 0.25) is 0 Å². The minimum atomic E-state index is -0.0375. The van der Waals surface area contributed by atoms with Gasteiger partial charge in [-0.3, -0.25) is 14.8 Å². The Labute approximate surface area is 129 Å². The highest BCUT2D eigenvalue weighted by atomic mass is 16.1. The van der Waals surface area contributed by atoms with Crippen molar-refractivity contribution in [2.75, 3.05) is 13.1 Å². The van der Waals surface area contributed by atoms with E-state index in [1.807, 2.05) is 13.0 Å². The van der Waals surface area contributed by atoms with Gasteiger partial charge in [0.1, 0.15) is 0 Å². The molecule has 2 N–H and O–H groups in total. The Balaban J connectivity index is 1.49. The standard InChI is InChI=1S/C16H21N5O/c1-9-7-21(12-3-4-12)8-14(9)18-16(22)11-5-13-10(2)19-20-15(13)17-6-11/h5-6,9,12,14H,3-4,7-8H2,1-2H3,(H,18,22)(H,17,19,20). The molecular weight excluding hydrogens is 278 g/mol. The number of hydrogen-bond donors (Lipinski definition) is 2. The maximum absolute atomic E-state index is 12.5. The number of nitrogens with one attached hydrogen (secondary N) is 2. The number of H-pyrrole nitrogens is 1. The summed E-state index contributed by atoms with van der Waals surface area (Å²) >= 11 is 0. The average molecular weight is 299 g/mol. The molecule has 1 aliphatic carbocycles. The fourth-order valence-corrected chi connectivity index (χ4v) is 3.33. The van der Waals surface area contributed by atoms with Gasteiger partial charge in [-0.2, -0.15) is 5.10 Å². The molecule has 22 heavy (non-hydrogen) atoms. The molecule has 2 atom stereocenters. The van der Waals surface area contributed by atoms with Crippen LogP contribution in [-0.4, -0.2) is 51.2 Å². The van der Waals surface area contributed by atoms with Crippen molar-refractivity contribution in [2.24, 2.45) is 5.92 Å². The molecule has 6 nitrogen and oxygen atoms in total. The molecule has 1 aliphatic heterocycles. The Morgan fingerprint density at radius 1 is 1.41 bits per heavy atom. The van der Waals surface area contributed by atoms with Gasteiger partial charge in [-0.05, 0) is 31.7 Å². The van der Waals surface area contributed by atoms with Crippen LogP contribution in [0.2, 0.25) is 0 Å². The number of rotatable bonds is 3. The van der Waals surface area contributed by atoms with Crippen molar-refractivity contribution in [3.05, 3.63) is 23.5 Å². The third-order valence-corrected chi connectivity index (χ3v) is 4.88. The number of aromatic nitrogens is 3. The molecule has 3 heterocycles. The third-order valence-electron chi connectivity index (χ3n) is 4.88. The predicted octanol–water partition coefficient (Wildman–Crippen LogP) is 1.48. The molecule has 2 aromatic rings. The van der Waals surface area contributed by atoms with Crippen LogP contribution >= 0.6 is 0 Å². The second-order valence-electron chi connectivity index (χ2n) is 6.69. The van der Waals surface area contributed by atoms with Gasteiger partial charge >= 0.3 is 0 Å². The highest BCUT2D eigenvalue weighted by Crippen LogP contribution is 2.31. The highest BCUT2D eigenvalue weighted by molar-refractivity contribution is 5.97. The molecule has 6 heteroatoms. The van der Waals surface area contributed by atoms with Crippen LogP contribution in [0.5, 0.6) is 0 Å². The van der Waals surface area contributed by atoms with Gasteiger partial charge in [0.15, 0.2) is 5.65 Å². The Bertz CT molecular complexity index is 720. The van der Waals surface area contributed by atoms with E-state index in [0.29, 0.717) is 17.1 Å². The fourth-order valence-electron chi connectivity index (χ4n) is 3.33. The maximum Gasteiger partial charge on any atom is 0.253 e. The zero-order valence-electron chi connectivity index (χ0n) is 13.0. The SMILES string of the molecule is Cc1[nH]nc2ncc(C(=O)NC3CN(C4CC4)CC3C)cc12.